The predicted molar refractivity (Wildman–Crippen MR) is 100 cm³/mol. The maximum atomic E-state index is 12.5. The minimum absolute atomic E-state index is 0.0464. The standard InChI is InChI=1S/C17H28N6O2S/c1-12(2)18-15(24)10-21-6-8-22(9-7-21)16(25)11-26-17-20-19-13(3)23(17)14-4-5-14/h12,14H,4-11H2,1-3H3,(H,18,24). The largest absolute Gasteiger partial charge is 0.353 e. The lowest BCUT2D eigenvalue weighted by Crippen LogP contribution is -2.52. The van der Waals surface area contributed by atoms with Gasteiger partial charge in [-0.1, -0.05) is 11.8 Å². The molecule has 8 nitrogen and oxygen atoms in total. The van der Waals surface area contributed by atoms with Crippen molar-refractivity contribution in [1.29, 1.82) is 0 Å². The maximum Gasteiger partial charge on any atom is 0.234 e. The van der Waals surface area contributed by atoms with Crippen molar-refractivity contribution in [3.63, 3.8) is 0 Å². The topological polar surface area (TPSA) is 83.4 Å². The zero-order valence-electron chi connectivity index (χ0n) is 15.8. The number of thioether (sulfide) groups is 1. The molecule has 0 atom stereocenters. The molecule has 2 amide bonds. The van der Waals surface area contributed by atoms with Crippen molar-refractivity contribution in [2.75, 3.05) is 38.5 Å². The average molecular weight is 381 g/mol. The molecule has 0 radical (unpaired) electrons. The molecule has 9 heteroatoms. The van der Waals surface area contributed by atoms with Crippen molar-refractivity contribution >= 4 is 23.6 Å². The van der Waals surface area contributed by atoms with E-state index in [2.05, 4.69) is 25.0 Å². The van der Waals surface area contributed by atoms with Crippen molar-refractivity contribution in [2.24, 2.45) is 0 Å². The lowest BCUT2D eigenvalue weighted by Gasteiger charge is -2.34. The zero-order valence-corrected chi connectivity index (χ0v) is 16.6. The number of carbonyl (C=O) groups is 2. The Kier molecular flexibility index (Phi) is 6.18. The Morgan fingerprint density at radius 3 is 2.50 bits per heavy atom. The number of hydrogen-bond donors (Lipinski definition) is 1. The molecule has 1 saturated carbocycles. The first-order valence-electron chi connectivity index (χ1n) is 9.28. The van der Waals surface area contributed by atoms with Crippen LogP contribution in [0, 0.1) is 6.92 Å². The fraction of sp³-hybridized carbons (Fsp3) is 0.765. The summed E-state index contributed by atoms with van der Waals surface area (Å²) in [6.07, 6.45) is 2.35. The molecule has 26 heavy (non-hydrogen) atoms. The van der Waals surface area contributed by atoms with Crippen LogP contribution in [0.1, 0.15) is 38.6 Å². The van der Waals surface area contributed by atoms with Gasteiger partial charge >= 0.3 is 0 Å². The van der Waals surface area contributed by atoms with E-state index in [-0.39, 0.29) is 17.9 Å². The van der Waals surface area contributed by atoms with E-state index in [0.717, 1.165) is 24.1 Å². The number of nitrogens with one attached hydrogen (secondary N) is 1. The van der Waals surface area contributed by atoms with Crippen molar-refractivity contribution < 1.29 is 9.59 Å². The van der Waals surface area contributed by atoms with Crippen LogP contribution in [0.4, 0.5) is 0 Å². The molecule has 3 rings (SSSR count). The summed E-state index contributed by atoms with van der Waals surface area (Å²) in [5.41, 5.74) is 0. The third-order valence-electron chi connectivity index (χ3n) is 4.61. The van der Waals surface area contributed by atoms with Gasteiger partial charge < -0.3 is 14.8 Å². The Balaban J connectivity index is 1.42. The number of nitrogens with zero attached hydrogens (tertiary/aromatic N) is 5. The van der Waals surface area contributed by atoms with Crippen molar-refractivity contribution in [2.45, 2.75) is 50.9 Å². The van der Waals surface area contributed by atoms with Gasteiger partial charge in [-0.15, -0.1) is 10.2 Å². The van der Waals surface area contributed by atoms with Gasteiger partial charge in [-0.05, 0) is 33.6 Å². The molecule has 144 valence electrons. The molecule has 2 fully saturated rings. The molecule has 0 bridgehead atoms. The van der Waals surface area contributed by atoms with Gasteiger partial charge in [0.05, 0.1) is 12.3 Å². The van der Waals surface area contributed by atoms with Crippen molar-refractivity contribution in [3.8, 4) is 0 Å². The zero-order chi connectivity index (χ0) is 18.7. The summed E-state index contributed by atoms with van der Waals surface area (Å²) in [4.78, 5) is 28.3. The average Bonchev–Trinajstić information content (AvgIpc) is 3.35. The predicted octanol–water partition coefficient (Wildman–Crippen LogP) is 0.682. The second-order valence-electron chi connectivity index (χ2n) is 7.30. The van der Waals surface area contributed by atoms with Gasteiger partial charge in [-0.2, -0.15) is 0 Å². The minimum Gasteiger partial charge on any atom is -0.353 e. The van der Waals surface area contributed by atoms with Crippen LogP contribution >= 0.6 is 11.8 Å². The first kappa shape index (κ1) is 19.2. The van der Waals surface area contributed by atoms with E-state index in [1.807, 2.05) is 25.7 Å². The van der Waals surface area contributed by atoms with E-state index in [4.69, 9.17) is 0 Å². The van der Waals surface area contributed by atoms with E-state index in [0.29, 0.717) is 31.4 Å². The molecule has 1 aromatic rings. The Morgan fingerprint density at radius 1 is 1.19 bits per heavy atom. The van der Waals surface area contributed by atoms with Crippen LogP contribution < -0.4 is 5.32 Å². The smallest absolute Gasteiger partial charge is 0.234 e. The van der Waals surface area contributed by atoms with Crippen LogP contribution in [0.5, 0.6) is 0 Å². The molecule has 0 aromatic carbocycles. The number of aromatic nitrogens is 3. The molecule has 1 aromatic heterocycles. The third kappa shape index (κ3) is 4.97. The highest BCUT2D eigenvalue weighted by atomic mass is 32.2. The van der Waals surface area contributed by atoms with Gasteiger partial charge in [0.15, 0.2) is 5.16 Å². The summed E-state index contributed by atoms with van der Waals surface area (Å²) < 4.78 is 2.16. The number of aryl methyl sites for hydroxylation is 1. The van der Waals surface area contributed by atoms with Crippen LogP contribution in [0.3, 0.4) is 0 Å². The minimum atomic E-state index is 0.0464. The van der Waals surface area contributed by atoms with Crippen molar-refractivity contribution in [1.82, 2.24) is 29.9 Å². The highest BCUT2D eigenvalue weighted by molar-refractivity contribution is 7.99. The number of amides is 2. The normalized spacial score (nSPS) is 18.4. The number of carbonyl (C=O) groups excluding carboxylic acids is 2. The van der Waals surface area contributed by atoms with E-state index in [1.54, 1.807) is 0 Å². The summed E-state index contributed by atoms with van der Waals surface area (Å²) >= 11 is 1.48. The van der Waals surface area contributed by atoms with Gasteiger partial charge in [0.1, 0.15) is 5.82 Å². The molecule has 2 aliphatic rings. The van der Waals surface area contributed by atoms with Crippen LogP contribution in [0.15, 0.2) is 5.16 Å². The van der Waals surface area contributed by atoms with Gasteiger partial charge in [-0.25, -0.2) is 0 Å². The molecule has 1 aliphatic carbocycles. The molecular formula is C17H28N6O2S. The van der Waals surface area contributed by atoms with E-state index >= 15 is 0 Å². The Morgan fingerprint density at radius 2 is 1.88 bits per heavy atom. The maximum absolute atomic E-state index is 12.5. The first-order chi connectivity index (χ1) is 12.4. The monoisotopic (exact) mass is 380 g/mol. The summed E-state index contributed by atoms with van der Waals surface area (Å²) in [6, 6.07) is 0.673. The first-order valence-corrected chi connectivity index (χ1v) is 10.3. The van der Waals surface area contributed by atoms with Gasteiger partial charge in [0, 0.05) is 38.3 Å². The van der Waals surface area contributed by atoms with Crippen LogP contribution in [-0.2, 0) is 9.59 Å². The third-order valence-corrected chi connectivity index (χ3v) is 5.54. The fourth-order valence-electron chi connectivity index (χ4n) is 3.15. The van der Waals surface area contributed by atoms with Gasteiger partial charge in [0.25, 0.3) is 0 Å². The number of hydrogen-bond acceptors (Lipinski definition) is 6. The summed E-state index contributed by atoms with van der Waals surface area (Å²) in [5, 5.41) is 12.1. The van der Waals surface area contributed by atoms with Crippen LogP contribution in [0.25, 0.3) is 0 Å². The summed E-state index contributed by atoms with van der Waals surface area (Å²) in [5.74, 6) is 1.49. The molecule has 1 aliphatic heterocycles. The second-order valence-corrected chi connectivity index (χ2v) is 8.24. The lowest BCUT2D eigenvalue weighted by molar-refractivity contribution is -0.130. The molecular weight excluding hydrogens is 352 g/mol. The summed E-state index contributed by atoms with van der Waals surface area (Å²) in [7, 11) is 0. The molecule has 0 spiro atoms. The lowest BCUT2D eigenvalue weighted by atomic mass is 10.3. The van der Waals surface area contributed by atoms with E-state index in [9.17, 15) is 9.59 Å². The van der Waals surface area contributed by atoms with Gasteiger partial charge in [-0.3, -0.25) is 14.5 Å². The van der Waals surface area contributed by atoms with Gasteiger partial charge in [0.2, 0.25) is 11.8 Å². The quantitative estimate of drug-likeness (QED) is 0.701. The molecule has 2 heterocycles. The molecule has 1 saturated heterocycles. The van der Waals surface area contributed by atoms with E-state index < -0.39 is 0 Å². The SMILES string of the molecule is Cc1nnc(SCC(=O)N2CCN(CC(=O)NC(C)C)CC2)n1C1CC1. The fourth-order valence-corrected chi connectivity index (χ4v) is 4.10. The van der Waals surface area contributed by atoms with Crippen LogP contribution in [-0.4, -0.2) is 80.9 Å². The van der Waals surface area contributed by atoms with Crippen LogP contribution in [0.2, 0.25) is 0 Å². The second kappa shape index (κ2) is 8.39. The summed E-state index contributed by atoms with van der Waals surface area (Å²) in [6.45, 7) is 9.09. The van der Waals surface area contributed by atoms with Crippen molar-refractivity contribution in [3.05, 3.63) is 5.82 Å². The Bertz CT molecular complexity index is 650. The highest BCUT2D eigenvalue weighted by Gasteiger charge is 2.29. The van der Waals surface area contributed by atoms with E-state index in [1.165, 1.54) is 24.6 Å². The molecule has 0 unspecified atom stereocenters. The molecule has 1 N–H and O–H groups in total. The Labute approximate surface area is 158 Å². The highest BCUT2D eigenvalue weighted by Crippen LogP contribution is 2.38. The number of rotatable bonds is 7. The Hall–Kier alpha value is -1.61. The number of piperazine rings is 1.